The maximum absolute atomic E-state index is 8.41. The zero-order valence-electron chi connectivity index (χ0n) is 31.3. The minimum absolute atomic E-state index is 0.122. The van der Waals surface area contributed by atoms with Crippen molar-refractivity contribution in [3.05, 3.63) is 233 Å². The number of para-hydroxylation sites is 1. The third kappa shape index (κ3) is 6.03. The summed E-state index contributed by atoms with van der Waals surface area (Å²) in [5, 5.41) is 10.9. The second-order valence-corrected chi connectivity index (χ2v) is 14.8. The van der Waals surface area contributed by atoms with E-state index in [-0.39, 0.29) is 5.41 Å². The summed E-state index contributed by atoms with van der Waals surface area (Å²) in [4.78, 5) is 0. The van der Waals surface area contributed by atoms with E-state index in [9.17, 15) is 0 Å². The molecule has 0 heterocycles. The number of rotatable bonds is 3. The van der Waals surface area contributed by atoms with Crippen molar-refractivity contribution in [3.63, 3.8) is 0 Å². The third-order valence-electron chi connectivity index (χ3n) is 11.3. The van der Waals surface area contributed by atoms with Crippen LogP contribution < -0.4 is 11.5 Å². The molecule has 0 unspecified atom stereocenters. The van der Waals surface area contributed by atoms with Crippen LogP contribution in [0.1, 0.15) is 58.4 Å². The Hall–Kier alpha value is -6.55. The number of nitrogens with two attached hydrogens (primary N) is 2. The molecule has 0 fully saturated rings. The predicted molar refractivity (Wildman–Crippen MR) is 232 cm³/mol. The van der Waals surface area contributed by atoms with E-state index in [0.29, 0.717) is 6.54 Å². The molecule has 3 nitrogen and oxygen atoms in total. The summed E-state index contributed by atoms with van der Waals surface area (Å²) >= 11 is 0. The van der Waals surface area contributed by atoms with Crippen LogP contribution >= 0.6 is 0 Å². The summed E-state index contributed by atoms with van der Waals surface area (Å²) in [5.74, 6) is 0. The fraction of sp³-hybridized carbons (Fsp3) is 0.0962. The van der Waals surface area contributed by atoms with Crippen molar-refractivity contribution in [1.82, 2.24) is 0 Å². The number of benzene rings is 8. The Morgan fingerprint density at radius 2 is 1.05 bits per heavy atom. The first-order chi connectivity index (χ1) is 26.9. The van der Waals surface area contributed by atoms with Crippen molar-refractivity contribution in [1.29, 1.82) is 5.41 Å². The molecule has 8 aromatic rings. The quantitative estimate of drug-likeness (QED) is 0.126. The highest BCUT2D eigenvalue weighted by molar-refractivity contribution is 6.01. The van der Waals surface area contributed by atoms with Crippen molar-refractivity contribution in [2.45, 2.75) is 31.2 Å². The molecule has 2 aliphatic rings. The van der Waals surface area contributed by atoms with Crippen molar-refractivity contribution >= 4 is 22.7 Å². The van der Waals surface area contributed by atoms with Crippen LogP contribution in [0.15, 0.2) is 188 Å². The van der Waals surface area contributed by atoms with Crippen LogP contribution in [-0.2, 0) is 17.4 Å². The lowest BCUT2D eigenvalue weighted by Gasteiger charge is -2.46. The van der Waals surface area contributed by atoms with Crippen LogP contribution in [0.25, 0.3) is 33.0 Å². The highest BCUT2D eigenvalue weighted by Gasteiger charge is 2.53. The predicted octanol–water partition coefficient (Wildman–Crippen LogP) is 11.9. The minimum atomic E-state index is -0.441. The van der Waals surface area contributed by atoms with Crippen LogP contribution in [-0.4, -0.2) is 6.21 Å². The Kier molecular flexibility index (Phi) is 9.48. The van der Waals surface area contributed by atoms with Gasteiger partial charge in [-0.3, -0.25) is 0 Å². The fourth-order valence-corrected chi connectivity index (χ4v) is 8.82. The Bertz CT molecular complexity index is 2580. The lowest BCUT2D eigenvalue weighted by atomic mass is 9.55. The molecular formula is C52H45N3. The van der Waals surface area contributed by atoms with Crippen molar-refractivity contribution in [3.8, 4) is 22.3 Å². The first kappa shape index (κ1) is 35.5. The molecule has 5 N–H and O–H groups in total. The Labute approximate surface area is 324 Å². The molecule has 3 heteroatoms. The van der Waals surface area contributed by atoms with Gasteiger partial charge in [0.05, 0.1) is 5.41 Å². The Morgan fingerprint density at radius 3 is 1.65 bits per heavy atom. The molecule has 1 spiro atoms. The summed E-state index contributed by atoms with van der Waals surface area (Å²) in [6.45, 7) is 5.35. The van der Waals surface area contributed by atoms with E-state index in [1.165, 1.54) is 78.2 Å². The lowest BCUT2D eigenvalue weighted by Crippen LogP contribution is -2.40. The van der Waals surface area contributed by atoms with Crippen LogP contribution in [0.2, 0.25) is 0 Å². The zero-order valence-corrected chi connectivity index (χ0v) is 31.3. The van der Waals surface area contributed by atoms with Gasteiger partial charge >= 0.3 is 0 Å². The van der Waals surface area contributed by atoms with Gasteiger partial charge in [0.1, 0.15) is 0 Å². The molecule has 0 saturated carbocycles. The standard InChI is InChI=1S/C39H29N.C7H9N.C6H7N/c1-38(2)32-16-5-7-18-34(32)39(35-19-8-6-17-33(35)38)31-22-21-26(29-15-9-12-25-11-3-4-14-28(25)29)23-30(31)37-27(24-40)13-10-20-36(37)39;8-6-7-4-2-1-3-5-7;7-6-4-2-1-3-5-6/h3-24,40H,1-2H3;1-5H,6,8H2;1-5H,7H2. The molecule has 8 aromatic carbocycles. The molecule has 0 aromatic heterocycles. The van der Waals surface area contributed by atoms with Gasteiger partial charge < -0.3 is 16.9 Å². The Balaban J connectivity index is 0.000000238. The van der Waals surface area contributed by atoms with Gasteiger partial charge in [-0.05, 0) is 90.2 Å². The van der Waals surface area contributed by atoms with E-state index >= 15 is 0 Å². The van der Waals surface area contributed by atoms with E-state index in [1.807, 2.05) is 60.7 Å². The third-order valence-corrected chi connectivity index (χ3v) is 11.3. The fourth-order valence-electron chi connectivity index (χ4n) is 8.82. The van der Waals surface area contributed by atoms with Gasteiger partial charge in [-0.25, -0.2) is 0 Å². The van der Waals surface area contributed by atoms with E-state index in [1.54, 1.807) is 0 Å². The average molecular weight is 712 g/mol. The van der Waals surface area contributed by atoms with Gasteiger partial charge in [0.25, 0.3) is 0 Å². The van der Waals surface area contributed by atoms with Crippen LogP contribution in [0, 0.1) is 5.41 Å². The minimum Gasteiger partial charge on any atom is -0.399 e. The van der Waals surface area contributed by atoms with Gasteiger partial charge in [-0.15, -0.1) is 0 Å². The number of nitrogen functional groups attached to an aromatic ring is 1. The van der Waals surface area contributed by atoms with Crippen LogP contribution in [0.3, 0.4) is 0 Å². The molecule has 0 amide bonds. The van der Waals surface area contributed by atoms with E-state index in [4.69, 9.17) is 16.9 Å². The summed E-state index contributed by atoms with van der Waals surface area (Å²) in [6, 6.07) is 66.3. The summed E-state index contributed by atoms with van der Waals surface area (Å²) in [7, 11) is 0. The monoisotopic (exact) mass is 711 g/mol. The first-order valence-electron chi connectivity index (χ1n) is 18.9. The average Bonchev–Trinajstić information content (AvgIpc) is 3.54. The van der Waals surface area contributed by atoms with E-state index in [2.05, 4.69) is 141 Å². The smallest absolute Gasteiger partial charge is 0.0719 e. The Morgan fingerprint density at radius 1 is 0.509 bits per heavy atom. The molecule has 10 rings (SSSR count). The number of nitrogens with one attached hydrogen (secondary N) is 1. The molecule has 2 aliphatic carbocycles. The normalized spacial score (nSPS) is 13.5. The summed E-state index contributed by atoms with van der Waals surface area (Å²) in [5.41, 5.74) is 26.0. The number of anilines is 1. The molecule has 0 saturated heterocycles. The van der Waals surface area contributed by atoms with Gasteiger partial charge in [-0.2, -0.15) is 0 Å². The largest absolute Gasteiger partial charge is 0.399 e. The van der Waals surface area contributed by atoms with E-state index < -0.39 is 5.41 Å². The molecule has 268 valence electrons. The highest BCUT2D eigenvalue weighted by atomic mass is 14.6. The van der Waals surface area contributed by atoms with Crippen molar-refractivity contribution in [2.75, 3.05) is 5.73 Å². The van der Waals surface area contributed by atoms with Crippen molar-refractivity contribution < 1.29 is 0 Å². The lowest BCUT2D eigenvalue weighted by molar-refractivity contribution is 0.563. The van der Waals surface area contributed by atoms with Crippen LogP contribution in [0.5, 0.6) is 0 Å². The van der Waals surface area contributed by atoms with Crippen molar-refractivity contribution in [2.24, 2.45) is 5.73 Å². The topological polar surface area (TPSA) is 75.9 Å². The summed E-state index contributed by atoms with van der Waals surface area (Å²) in [6.07, 6.45) is 1.52. The maximum Gasteiger partial charge on any atom is 0.0719 e. The number of hydrogen-bond acceptors (Lipinski definition) is 3. The number of fused-ring (bicyclic) bond motifs is 10. The molecular weight excluding hydrogens is 667 g/mol. The molecule has 0 aliphatic heterocycles. The second kappa shape index (κ2) is 14.7. The molecule has 55 heavy (non-hydrogen) atoms. The SMILES string of the molecule is CC1(C)c2ccccc2C2(c3ccc(-c4cccc5ccccc45)cc3-c3c(C=N)cccc32)c2ccccc21.NCc1ccccc1.Nc1ccccc1. The maximum atomic E-state index is 8.41. The zero-order chi connectivity index (χ0) is 38.0. The highest BCUT2D eigenvalue weighted by Crippen LogP contribution is 2.62. The van der Waals surface area contributed by atoms with Crippen LogP contribution in [0.4, 0.5) is 5.69 Å². The van der Waals surface area contributed by atoms with Gasteiger partial charge in [0.2, 0.25) is 0 Å². The molecule has 0 bridgehead atoms. The molecule has 0 radical (unpaired) electrons. The van der Waals surface area contributed by atoms with E-state index in [0.717, 1.165) is 11.3 Å². The second-order valence-electron chi connectivity index (χ2n) is 14.8. The first-order valence-corrected chi connectivity index (χ1v) is 18.9. The molecule has 0 atom stereocenters. The summed E-state index contributed by atoms with van der Waals surface area (Å²) < 4.78 is 0. The van der Waals surface area contributed by atoms with Gasteiger partial charge in [0.15, 0.2) is 0 Å². The van der Waals surface area contributed by atoms with Gasteiger partial charge in [-0.1, -0.05) is 184 Å². The van der Waals surface area contributed by atoms with Gasteiger partial charge in [0, 0.05) is 29.4 Å². The number of hydrogen-bond donors (Lipinski definition) is 3.